The molecule has 0 fully saturated rings. The topological polar surface area (TPSA) is 0 Å². The lowest BCUT2D eigenvalue weighted by molar-refractivity contribution is 0.548. The van der Waals surface area contributed by atoms with Crippen LogP contribution in [-0.2, 0) is 5.41 Å². The fourth-order valence-corrected chi connectivity index (χ4v) is 8.25. The number of benzene rings is 7. The first kappa shape index (κ1) is 24.6. The highest BCUT2D eigenvalue weighted by Gasteiger charge is 2.39. The highest BCUT2D eigenvalue weighted by molar-refractivity contribution is 6.23. The van der Waals surface area contributed by atoms with Gasteiger partial charge in [-0.2, -0.15) is 0 Å². The second kappa shape index (κ2) is 9.03. The van der Waals surface area contributed by atoms with E-state index in [1.54, 1.807) is 5.57 Å². The Balaban J connectivity index is 1.39. The standard InChI is InChI=1S/C43H32/c1-43(2)39-21-9-8-16-33(39)34-19-11-20-35-36(24-25-40(43)42(34)35)41-30-15-7-6-14-28(30)26-38-31-18-10-17-29(27-12-4-3-5-13-27)32(31)22-23-37(38)41/h3-15,17-26,33H,16H2,1-2H3. The highest BCUT2D eigenvalue weighted by atomic mass is 14.4. The maximum absolute atomic E-state index is 2.43. The zero-order chi connectivity index (χ0) is 28.7. The lowest BCUT2D eigenvalue weighted by Crippen LogP contribution is -2.30. The second-order valence-electron chi connectivity index (χ2n) is 12.8. The lowest BCUT2D eigenvalue weighted by Gasteiger charge is -2.42. The Kier molecular flexibility index (Phi) is 5.17. The first-order chi connectivity index (χ1) is 21.1. The molecule has 204 valence electrons. The summed E-state index contributed by atoms with van der Waals surface area (Å²) in [7, 11) is 0. The van der Waals surface area contributed by atoms with Crippen molar-refractivity contribution in [3.63, 3.8) is 0 Å². The van der Waals surface area contributed by atoms with Crippen LogP contribution in [0, 0.1) is 0 Å². The van der Waals surface area contributed by atoms with Gasteiger partial charge in [-0.05, 0) is 89.0 Å². The molecular weight excluding hydrogens is 516 g/mol. The van der Waals surface area contributed by atoms with Gasteiger partial charge in [-0.3, -0.25) is 0 Å². The molecule has 9 rings (SSSR count). The van der Waals surface area contributed by atoms with Crippen LogP contribution in [-0.4, -0.2) is 0 Å². The van der Waals surface area contributed by atoms with Crippen LogP contribution >= 0.6 is 0 Å². The summed E-state index contributed by atoms with van der Waals surface area (Å²) in [5.74, 6) is 0.441. The summed E-state index contributed by atoms with van der Waals surface area (Å²) >= 11 is 0. The molecule has 0 bridgehead atoms. The van der Waals surface area contributed by atoms with Gasteiger partial charge < -0.3 is 0 Å². The molecule has 0 radical (unpaired) electrons. The summed E-state index contributed by atoms with van der Waals surface area (Å²) in [5.41, 5.74) is 9.66. The number of hydrogen-bond acceptors (Lipinski definition) is 0. The van der Waals surface area contributed by atoms with E-state index in [1.807, 2.05) is 0 Å². The summed E-state index contributed by atoms with van der Waals surface area (Å²) < 4.78 is 0. The molecule has 0 saturated heterocycles. The Hall–Kier alpha value is -4.94. The van der Waals surface area contributed by atoms with Crippen LogP contribution in [0.1, 0.15) is 37.3 Å². The molecule has 0 spiro atoms. The van der Waals surface area contributed by atoms with Gasteiger partial charge in [-0.15, -0.1) is 0 Å². The van der Waals surface area contributed by atoms with Crippen molar-refractivity contribution in [2.24, 2.45) is 0 Å². The predicted molar refractivity (Wildman–Crippen MR) is 185 cm³/mol. The van der Waals surface area contributed by atoms with E-state index in [2.05, 4.69) is 153 Å². The van der Waals surface area contributed by atoms with Crippen LogP contribution in [0.5, 0.6) is 0 Å². The van der Waals surface area contributed by atoms with Crippen LogP contribution in [0.2, 0.25) is 0 Å². The van der Waals surface area contributed by atoms with Crippen LogP contribution < -0.4 is 0 Å². The predicted octanol–water partition coefficient (Wildman–Crippen LogP) is 11.9. The van der Waals surface area contributed by atoms with E-state index in [-0.39, 0.29) is 5.41 Å². The number of allylic oxidation sites excluding steroid dienone is 4. The molecule has 1 unspecified atom stereocenters. The van der Waals surface area contributed by atoms with Gasteiger partial charge in [-0.1, -0.05) is 153 Å². The van der Waals surface area contributed by atoms with Crippen molar-refractivity contribution in [3.05, 3.63) is 156 Å². The fourth-order valence-electron chi connectivity index (χ4n) is 8.25. The van der Waals surface area contributed by atoms with E-state index in [0.29, 0.717) is 5.92 Å². The molecule has 2 aliphatic carbocycles. The molecule has 43 heavy (non-hydrogen) atoms. The number of hydrogen-bond donors (Lipinski definition) is 0. The van der Waals surface area contributed by atoms with E-state index in [1.165, 1.54) is 76.5 Å². The van der Waals surface area contributed by atoms with Crippen molar-refractivity contribution >= 4 is 43.1 Å². The summed E-state index contributed by atoms with van der Waals surface area (Å²) in [4.78, 5) is 0. The molecule has 7 aromatic rings. The summed E-state index contributed by atoms with van der Waals surface area (Å²) in [5, 5.41) is 10.6. The third kappa shape index (κ3) is 3.44. The van der Waals surface area contributed by atoms with Crippen molar-refractivity contribution in [3.8, 4) is 22.3 Å². The number of fused-ring (bicyclic) bond motifs is 6. The van der Waals surface area contributed by atoms with Gasteiger partial charge in [0.25, 0.3) is 0 Å². The maximum atomic E-state index is 2.43. The van der Waals surface area contributed by atoms with E-state index >= 15 is 0 Å². The van der Waals surface area contributed by atoms with Crippen molar-refractivity contribution in [1.82, 2.24) is 0 Å². The van der Waals surface area contributed by atoms with Gasteiger partial charge >= 0.3 is 0 Å². The Morgan fingerprint density at radius 2 is 1.35 bits per heavy atom. The first-order valence-electron chi connectivity index (χ1n) is 15.5. The van der Waals surface area contributed by atoms with Crippen molar-refractivity contribution in [2.45, 2.75) is 31.6 Å². The summed E-state index contributed by atoms with van der Waals surface area (Å²) in [6.07, 6.45) is 8.04. The van der Waals surface area contributed by atoms with Gasteiger partial charge in [0.1, 0.15) is 0 Å². The molecule has 0 aliphatic heterocycles. The highest BCUT2D eigenvalue weighted by Crippen LogP contribution is 2.54. The molecule has 0 nitrogen and oxygen atoms in total. The summed E-state index contributed by atoms with van der Waals surface area (Å²) in [6, 6.07) is 45.5. The normalized spacial score (nSPS) is 17.0. The number of rotatable bonds is 2. The van der Waals surface area contributed by atoms with Gasteiger partial charge in [0.2, 0.25) is 0 Å². The quantitative estimate of drug-likeness (QED) is 0.149. The second-order valence-corrected chi connectivity index (χ2v) is 12.8. The maximum Gasteiger partial charge on any atom is 0.0121 e. The summed E-state index contributed by atoms with van der Waals surface area (Å²) in [6.45, 7) is 4.83. The van der Waals surface area contributed by atoms with Crippen molar-refractivity contribution in [1.29, 1.82) is 0 Å². The average Bonchev–Trinajstić information content (AvgIpc) is 3.06. The van der Waals surface area contributed by atoms with Crippen LogP contribution in [0.4, 0.5) is 0 Å². The Morgan fingerprint density at radius 1 is 0.581 bits per heavy atom. The molecule has 7 aromatic carbocycles. The lowest BCUT2D eigenvalue weighted by atomic mass is 9.62. The monoisotopic (exact) mass is 548 g/mol. The minimum atomic E-state index is -0.00851. The molecule has 0 saturated carbocycles. The van der Waals surface area contributed by atoms with Crippen molar-refractivity contribution < 1.29 is 0 Å². The first-order valence-corrected chi connectivity index (χ1v) is 15.5. The molecule has 1 atom stereocenters. The minimum Gasteiger partial charge on any atom is -0.0836 e. The van der Waals surface area contributed by atoms with Gasteiger partial charge in [0, 0.05) is 11.3 Å². The Labute approximate surface area is 252 Å². The van der Waals surface area contributed by atoms with E-state index in [4.69, 9.17) is 0 Å². The third-order valence-corrected chi connectivity index (χ3v) is 10.3. The van der Waals surface area contributed by atoms with Gasteiger partial charge in [0.05, 0.1) is 0 Å². The molecule has 0 aromatic heterocycles. The van der Waals surface area contributed by atoms with Gasteiger partial charge in [0.15, 0.2) is 0 Å². The van der Waals surface area contributed by atoms with Crippen LogP contribution in [0.3, 0.4) is 0 Å². The van der Waals surface area contributed by atoms with Crippen LogP contribution in [0.15, 0.2) is 145 Å². The zero-order valence-corrected chi connectivity index (χ0v) is 24.6. The Bertz CT molecular complexity index is 2330. The Morgan fingerprint density at radius 3 is 2.26 bits per heavy atom. The third-order valence-electron chi connectivity index (χ3n) is 10.3. The molecular formula is C43H32. The molecule has 0 amide bonds. The van der Waals surface area contributed by atoms with Crippen LogP contribution in [0.25, 0.3) is 65.3 Å². The van der Waals surface area contributed by atoms with Crippen molar-refractivity contribution in [2.75, 3.05) is 0 Å². The van der Waals surface area contributed by atoms with E-state index < -0.39 is 0 Å². The molecule has 2 aliphatic rings. The van der Waals surface area contributed by atoms with E-state index in [0.717, 1.165) is 6.42 Å². The molecule has 0 heteroatoms. The zero-order valence-electron chi connectivity index (χ0n) is 24.6. The SMILES string of the molecule is CC1(C)C2=CC=CCC2c2cccc3c(-c4c5ccccc5cc5c4ccc4c(-c6ccccc6)cccc45)ccc1c23. The minimum absolute atomic E-state index is 0.00851. The molecule has 0 heterocycles. The fraction of sp³-hybridized carbons (Fsp3) is 0.116. The largest absolute Gasteiger partial charge is 0.0836 e. The van der Waals surface area contributed by atoms with Gasteiger partial charge in [-0.25, -0.2) is 0 Å². The average molecular weight is 549 g/mol. The smallest absolute Gasteiger partial charge is 0.0121 e. The molecule has 0 N–H and O–H groups in total. The van der Waals surface area contributed by atoms with E-state index in [9.17, 15) is 0 Å².